The van der Waals surface area contributed by atoms with Crippen molar-refractivity contribution in [3.8, 4) is 0 Å². The quantitative estimate of drug-likeness (QED) is 0.703. The van der Waals surface area contributed by atoms with Gasteiger partial charge in [-0.05, 0) is 67.2 Å². The molecule has 0 saturated carbocycles. The van der Waals surface area contributed by atoms with E-state index in [0.29, 0.717) is 6.04 Å². The highest BCUT2D eigenvalue weighted by Crippen LogP contribution is 2.41. The largest absolute Gasteiger partial charge is 0.370 e. The van der Waals surface area contributed by atoms with Gasteiger partial charge in [-0.25, -0.2) is 0 Å². The molecule has 1 nitrogen and oxygen atoms in total. The molecular weight excluding hydrogens is 218 g/mol. The van der Waals surface area contributed by atoms with Crippen molar-refractivity contribution in [3.63, 3.8) is 0 Å². The molecule has 1 heterocycles. The summed E-state index contributed by atoms with van der Waals surface area (Å²) in [6.07, 6.45) is 9.81. The molecule has 1 aliphatic heterocycles. The fourth-order valence-corrected chi connectivity index (χ4v) is 3.29. The predicted molar refractivity (Wildman–Crippen MR) is 76.3 cm³/mol. The van der Waals surface area contributed by atoms with E-state index in [1.807, 2.05) is 0 Å². The van der Waals surface area contributed by atoms with Crippen LogP contribution in [-0.4, -0.2) is 11.9 Å². The molecule has 1 aromatic rings. The summed E-state index contributed by atoms with van der Waals surface area (Å²) in [4.78, 5) is 2.37. The third kappa shape index (κ3) is 1.88. The van der Waals surface area contributed by atoms with Gasteiger partial charge in [-0.1, -0.05) is 24.3 Å². The summed E-state index contributed by atoms with van der Waals surface area (Å²) in [5.41, 5.74) is 6.12. The molecule has 0 fully saturated rings. The molecule has 1 atom stereocenters. The van der Waals surface area contributed by atoms with E-state index in [1.54, 1.807) is 11.1 Å². The number of allylic oxidation sites excluding steroid dienone is 2. The van der Waals surface area contributed by atoms with Crippen molar-refractivity contribution in [3.05, 3.63) is 58.8 Å². The molecule has 0 saturated heterocycles. The van der Waals surface area contributed by atoms with Crippen LogP contribution in [0.5, 0.6) is 0 Å². The fraction of sp³-hybridized carbons (Fsp3) is 0.412. The molecule has 1 unspecified atom stereocenters. The van der Waals surface area contributed by atoms with E-state index in [2.05, 4.69) is 55.4 Å². The van der Waals surface area contributed by atoms with Crippen molar-refractivity contribution in [1.29, 1.82) is 0 Å². The van der Waals surface area contributed by atoms with Crippen molar-refractivity contribution in [2.45, 2.75) is 38.6 Å². The van der Waals surface area contributed by atoms with Crippen LogP contribution in [0.4, 0.5) is 0 Å². The number of likely N-dealkylation sites (N-methyl/N-ethyl adjacent to an activating group) is 1. The second kappa shape index (κ2) is 4.64. The summed E-state index contributed by atoms with van der Waals surface area (Å²) in [7, 11) is 2.20. The van der Waals surface area contributed by atoms with Gasteiger partial charge in [0.1, 0.15) is 0 Å². The Morgan fingerprint density at radius 1 is 1.11 bits per heavy atom. The molecule has 0 spiro atoms. The minimum absolute atomic E-state index is 0.464. The Morgan fingerprint density at radius 3 is 2.72 bits per heavy atom. The van der Waals surface area contributed by atoms with Crippen LogP contribution >= 0.6 is 0 Å². The first-order valence-corrected chi connectivity index (χ1v) is 6.95. The van der Waals surface area contributed by atoms with Gasteiger partial charge in [-0.2, -0.15) is 0 Å². The smallest absolute Gasteiger partial charge is 0.0755 e. The lowest BCUT2D eigenvalue weighted by Gasteiger charge is -2.37. The molecule has 0 aromatic heterocycles. The summed E-state index contributed by atoms with van der Waals surface area (Å²) >= 11 is 0. The average molecular weight is 239 g/mol. The van der Waals surface area contributed by atoms with Crippen molar-refractivity contribution in [2.24, 2.45) is 0 Å². The van der Waals surface area contributed by atoms with Gasteiger partial charge >= 0.3 is 0 Å². The van der Waals surface area contributed by atoms with Gasteiger partial charge in [0.05, 0.1) is 6.04 Å². The molecule has 94 valence electrons. The summed E-state index contributed by atoms with van der Waals surface area (Å²) in [6.45, 7) is 2.23. The minimum Gasteiger partial charge on any atom is -0.370 e. The third-order valence-electron chi connectivity index (χ3n) is 4.29. The highest BCUT2D eigenvalue weighted by atomic mass is 15.1. The number of hydrogen-bond donors (Lipinski definition) is 0. The zero-order chi connectivity index (χ0) is 12.5. The highest BCUT2D eigenvalue weighted by Gasteiger charge is 2.27. The molecule has 0 amide bonds. The summed E-state index contributed by atoms with van der Waals surface area (Å²) in [6, 6.07) is 9.27. The molecule has 1 aromatic carbocycles. The van der Waals surface area contributed by atoms with E-state index in [9.17, 15) is 0 Å². The maximum Gasteiger partial charge on any atom is 0.0755 e. The lowest BCUT2D eigenvalue weighted by atomic mass is 9.81. The van der Waals surface area contributed by atoms with Gasteiger partial charge in [0.15, 0.2) is 0 Å². The Morgan fingerprint density at radius 2 is 1.89 bits per heavy atom. The predicted octanol–water partition coefficient (Wildman–Crippen LogP) is 4.37. The van der Waals surface area contributed by atoms with Crippen LogP contribution in [0.15, 0.2) is 47.7 Å². The Bertz CT molecular complexity index is 510. The maximum absolute atomic E-state index is 2.37. The number of nitrogens with zero attached hydrogens (tertiary/aromatic N) is 1. The lowest BCUT2D eigenvalue weighted by Crippen LogP contribution is -2.26. The van der Waals surface area contributed by atoms with E-state index in [-0.39, 0.29) is 0 Å². The van der Waals surface area contributed by atoms with E-state index in [0.717, 1.165) is 0 Å². The van der Waals surface area contributed by atoms with Gasteiger partial charge in [-0.15, -0.1) is 0 Å². The molecule has 2 aliphatic rings. The maximum atomic E-state index is 2.37. The van der Waals surface area contributed by atoms with Gasteiger partial charge in [-0.3, -0.25) is 0 Å². The van der Waals surface area contributed by atoms with Crippen LogP contribution in [-0.2, 0) is 0 Å². The zero-order valence-corrected chi connectivity index (χ0v) is 11.3. The highest BCUT2D eigenvalue weighted by molar-refractivity contribution is 5.42. The fourth-order valence-electron chi connectivity index (χ4n) is 3.29. The number of rotatable bonds is 1. The minimum atomic E-state index is 0.464. The summed E-state index contributed by atoms with van der Waals surface area (Å²) < 4.78 is 0. The monoisotopic (exact) mass is 239 g/mol. The Hall–Kier alpha value is -1.50. The van der Waals surface area contributed by atoms with Gasteiger partial charge in [0, 0.05) is 7.05 Å². The van der Waals surface area contributed by atoms with Crippen molar-refractivity contribution >= 4 is 0 Å². The normalized spacial score (nSPS) is 23.2. The number of aryl methyl sites for hydroxylation is 1. The Balaban J connectivity index is 2.07. The summed E-state index contributed by atoms with van der Waals surface area (Å²) in [5, 5.41) is 0. The first-order valence-electron chi connectivity index (χ1n) is 6.95. The van der Waals surface area contributed by atoms with E-state index in [4.69, 9.17) is 0 Å². The number of benzene rings is 1. The molecule has 0 N–H and O–H groups in total. The molecule has 18 heavy (non-hydrogen) atoms. The van der Waals surface area contributed by atoms with Crippen molar-refractivity contribution in [2.75, 3.05) is 7.05 Å². The molecule has 0 radical (unpaired) electrons. The first kappa shape index (κ1) is 11.6. The molecule has 0 bridgehead atoms. The van der Waals surface area contributed by atoms with Gasteiger partial charge < -0.3 is 4.90 Å². The first-order chi connectivity index (χ1) is 8.77. The van der Waals surface area contributed by atoms with Crippen molar-refractivity contribution < 1.29 is 0 Å². The SMILES string of the molecule is Cc1ccccc1C1C2=C(C=CN1C)CCCC2. The lowest BCUT2D eigenvalue weighted by molar-refractivity contribution is 0.352. The molecule has 1 aliphatic carbocycles. The van der Waals surface area contributed by atoms with Gasteiger partial charge in [0.25, 0.3) is 0 Å². The Labute approximate surface area is 110 Å². The summed E-state index contributed by atoms with van der Waals surface area (Å²) in [5.74, 6) is 0. The second-order valence-corrected chi connectivity index (χ2v) is 5.50. The van der Waals surface area contributed by atoms with E-state index < -0.39 is 0 Å². The Kier molecular flexibility index (Phi) is 2.99. The second-order valence-electron chi connectivity index (χ2n) is 5.50. The van der Waals surface area contributed by atoms with Gasteiger partial charge in [0.2, 0.25) is 0 Å². The van der Waals surface area contributed by atoms with Crippen LogP contribution in [0.2, 0.25) is 0 Å². The third-order valence-corrected chi connectivity index (χ3v) is 4.29. The zero-order valence-electron chi connectivity index (χ0n) is 11.3. The van der Waals surface area contributed by atoms with Crippen LogP contribution < -0.4 is 0 Å². The topological polar surface area (TPSA) is 3.24 Å². The van der Waals surface area contributed by atoms with Crippen LogP contribution in [0.25, 0.3) is 0 Å². The standard InChI is InChI=1S/C17H21N/c1-13-7-3-5-9-15(13)17-16-10-6-4-8-14(16)11-12-18(17)2/h3,5,7,9,11-12,17H,4,6,8,10H2,1-2H3. The van der Waals surface area contributed by atoms with Crippen LogP contribution in [0.1, 0.15) is 42.9 Å². The molecule has 1 heteroatoms. The van der Waals surface area contributed by atoms with Crippen LogP contribution in [0.3, 0.4) is 0 Å². The van der Waals surface area contributed by atoms with Crippen LogP contribution in [0, 0.1) is 6.92 Å². The molecule has 3 rings (SSSR count). The van der Waals surface area contributed by atoms with Crippen molar-refractivity contribution in [1.82, 2.24) is 4.90 Å². The molecular formula is C17H21N. The van der Waals surface area contributed by atoms with E-state index in [1.165, 1.54) is 36.8 Å². The number of hydrogen-bond acceptors (Lipinski definition) is 1. The average Bonchev–Trinajstić information content (AvgIpc) is 2.40. The van der Waals surface area contributed by atoms with E-state index >= 15 is 0 Å².